The van der Waals surface area contributed by atoms with Gasteiger partial charge in [-0.05, 0) is 31.6 Å². The Bertz CT molecular complexity index is 482. The van der Waals surface area contributed by atoms with Gasteiger partial charge in [-0.25, -0.2) is 8.42 Å². The molecule has 0 spiro atoms. The van der Waals surface area contributed by atoms with Gasteiger partial charge in [-0.15, -0.1) is 0 Å². The van der Waals surface area contributed by atoms with E-state index in [1.807, 2.05) is 0 Å². The standard InChI is InChI=1S/C16H29NO4S/c1-13-7-3-4-8-14(13)21-12-11-17-15(18)16(22(2,19)20)9-5-6-10-16/h13-14H,3-12H2,1-2H3,(H,17,18)/t13-,14-/m0/s1. The molecule has 0 unspecified atom stereocenters. The number of nitrogens with one attached hydrogen (secondary N) is 1. The molecule has 0 aliphatic heterocycles. The van der Waals surface area contributed by atoms with Gasteiger partial charge in [0.05, 0.1) is 12.7 Å². The van der Waals surface area contributed by atoms with E-state index >= 15 is 0 Å². The van der Waals surface area contributed by atoms with Crippen LogP contribution in [0.25, 0.3) is 0 Å². The Morgan fingerprint density at radius 1 is 1.18 bits per heavy atom. The predicted molar refractivity (Wildman–Crippen MR) is 86.4 cm³/mol. The molecule has 5 nitrogen and oxygen atoms in total. The Morgan fingerprint density at radius 3 is 2.41 bits per heavy atom. The lowest BCUT2D eigenvalue weighted by molar-refractivity contribution is -0.124. The van der Waals surface area contributed by atoms with E-state index in [9.17, 15) is 13.2 Å². The Kier molecular flexibility index (Phi) is 5.88. The summed E-state index contributed by atoms with van der Waals surface area (Å²) in [7, 11) is -3.38. The van der Waals surface area contributed by atoms with E-state index in [0.717, 1.165) is 19.3 Å². The zero-order chi connectivity index (χ0) is 16.2. The number of sulfone groups is 1. The summed E-state index contributed by atoms with van der Waals surface area (Å²) in [6, 6.07) is 0. The molecule has 2 rings (SSSR count). The Hall–Kier alpha value is -0.620. The van der Waals surface area contributed by atoms with Crippen molar-refractivity contribution >= 4 is 15.7 Å². The van der Waals surface area contributed by atoms with E-state index in [2.05, 4.69) is 12.2 Å². The second-order valence-electron chi connectivity index (χ2n) is 6.90. The van der Waals surface area contributed by atoms with Crippen LogP contribution in [0.5, 0.6) is 0 Å². The van der Waals surface area contributed by atoms with Crippen molar-refractivity contribution in [2.24, 2.45) is 5.92 Å². The maximum atomic E-state index is 12.4. The zero-order valence-corrected chi connectivity index (χ0v) is 14.6. The highest BCUT2D eigenvalue weighted by Crippen LogP contribution is 2.36. The Morgan fingerprint density at radius 2 is 1.82 bits per heavy atom. The second-order valence-corrected chi connectivity index (χ2v) is 9.23. The van der Waals surface area contributed by atoms with Gasteiger partial charge in [0.25, 0.3) is 0 Å². The smallest absolute Gasteiger partial charge is 0.241 e. The second kappa shape index (κ2) is 7.30. The first-order valence-electron chi connectivity index (χ1n) is 8.46. The van der Waals surface area contributed by atoms with Crippen LogP contribution in [0.2, 0.25) is 0 Å². The van der Waals surface area contributed by atoms with E-state index in [4.69, 9.17) is 4.74 Å². The van der Waals surface area contributed by atoms with Crippen LogP contribution in [0.15, 0.2) is 0 Å². The molecule has 128 valence electrons. The van der Waals surface area contributed by atoms with Crippen molar-refractivity contribution in [1.82, 2.24) is 5.32 Å². The molecule has 6 heteroatoms. The summed E-state index contributed by atoms with van der Waals surface area (Å²) in [6.07, 6.45) is 8.71. The van der Waals surface area contributed by atoms with Gasteiger partial charge in [0.2, 0.25) is 5.91 Å². The number of rotatable bonds is 6. The van der Waals surface area contributed by atoms with Crippen LogP contribution in [0.1, 0.15) is 58.3 Å². The molecule has 0 aromatic heterocycles. The fourth-order valence-corrected chi connectivity index (χ4v) is 5.22. The van der Waals surface area contributed by atoms with Gasteiger partial charge < -0.3 is 10.1 Å². The average Bonchev–Trinajstić information content (AvgIpc) is 2.95. The van der Waals surface area contributed by atoms with Crippen molar-refractivity contribution in [2.45, 2.75) is 69.1 Å². The summed E-state index contributed by atoms with van der Waals surface area (Å²) in [6.45, 7) is 3.06. The van der Waals surface area contributed by atoms with Gasteiger partial charge >= 0.3 is 0 Å². The lowest BCUT2D eigenvalue weighted by Gasteiger charge is -2.29. The van der Waals surface area contributed by atoms with Crippen molar-refractivity contribution < 1.29 is 17.9 Å². The van der Waals surface area contributed by atoms with Crippen molar-refractivity contribution in [3.63, 3.8) is 0 Å². The number of ether oxygens (including phenoxy) is 1. The molecule has 0 aromatic rings. The third-order valence-corrected chi connectivity index (χ3v) is 7.30. The molecule has 2 saturated carbocycles. The van der Waals surface area contributed by atoms with Gasteiger partial charge in [-0.2, -0.15) is 0 Å². The van der Waals surface area contributed by atoms with Crippen LogP contribution in [0, 0.1) is 5.92 Å². The minimum absolute atomic E-state index is 0.279. The van der Waals surface area contributed by atoms with Crippen molar-refractivity contribution in [3.05, 3.63) is 0 Å². The average molecular weight is 331 g/mol. The number of hydrogen-bond acceptors (Lipinski definition) is 4. The predicted octanol–water partition coefficient (Wildman–Crippen LogP) is 2.06. The highest BCUT2D eigenvalue weighted by Gasteiger charge is 2.49. The number of amides is 1. The first kappa shape index (κ1) is 17.7. The molecule has 0 saturated heterocycles. The van der Waals surface area contributed by atoms with Gasteiger partial charge in [-0.1, -0.05) is 32.6 Å². The van der Waals surface area contributed by atoms with Gasteiger partial charge in [0.15, 0.2) is 9.84 Å². The molecule has 2 atom stereocenters. The third-order valence-electron chi connectivity index (χ3n) is 5.29. The number of carbonyl (C=O) groups is 1. The minimum atomic E-state index is -3.38. The Balaban J connectivity index is 1.80. The van der Waals surface area contributed by atoms with Gasteiger partial charge in [0.1, 0.15) is 4.75 Å². The molecule has 2 fully saturated rings. The molecule has 1 amide bonds. The Labute approximate surface area is 134 Å². The van der Waals surface area contributed by atoms with Crippen LogP contribution in [-0.4, -0.2) is 44.6 Å². The highest BCUT2D eigenvalue weighted by atomic mass is 32.2. The largest absolute Gasteiger partial charge is 0.376 e. The quantitative estimate of drug-likeness (QED) is 0.756. The summed E-state index contributed by atoms with van der Waals surface area (Å²) in [5, 5.41) is 2.78. The topological polar surface area (TPSA) is 72.5 Å². The maximum Gasteiger partial charge on any atom is 0.241 e. The third kappa shape index (κ3) is 3.82. The van der Waals surface area contributed by atoms with Crippen molar-refractivity contribution in [1.29, 1.82) is 0 Å². The molecule has 22 heavy (non-hydrogen) atoms. The van der Waals surface area contributed by atoms with Crippen LogP contribution in [0.3, 0.4) is 0 Å². The molecular formula is C16H29NO4S. The molecule has 2 aliphatic carbocycles. The first-order chi connectivity index (χ1) is 10.4. The van der Waals surface area contributed by atoms with Gasteiger partial charge in [-0.3, -0.25) is 4.79 Å². The highest BCUT2D eigenvalue weighted by molar-refractivity contribution is 7.92. The minimum Gasteiger partial charge on any atom is -0.376 e. The van der Waals surface area contributed by atoms with E-state index in [0.29, 0.717) is 31.9 Å². The summed E-state index contributed by atoms with van der Waals surface area (Å²) in [4.78, 5) is 12.4. The molecule has 0 aromatic carbocycles. The van der Waals surface area contributed by atoms with Crippen molar-refractivity contribution in [2.75, 3.05) is 19.4 Å². The van der Waals surface area contributed by atoms with E-state index in [1.54, 1.807) is 0 Å². The zero-order valence-electron chi connectivity index (χ0n) is 13.8. The van der Waals surface area contributed by atoms with Crippen molar-refractivity contribution in [3.8, 4) is 0 Å². The van der Waals surface area contributed by atoms with Crippen LogP contribution < -0.4 is 5.32 Å². The molecule has 0 radical (unpaired) electrons. The van der Waals surface area contributed by atoms with Crippen LogP contribution in [0.4, 0.5) is 0 Å². The lowest BCUT2D eigenvalue weighted by Crippen LogP contribution is -2.51. The SMILES string of the molecule is C[C@H]1CCCC[C@@H]1OCCNC(=O)C1(S(C)(=O)=O)CCCC1. The summed E-state index contributed by atoms with van der Waals surface area (Å²) < 4.78 is 28.7. The normalized spacial score (nSPS) is 28.5. The molecule has 0 heterocycles. The van der Waals surface area contributed by atoms with Crippen LogP contribution >= 0.6 is 0 Å². The molecule has 0 bridgehead atoms. The molecule has 2 aliphatic rings. The van der Waals surface area contributed by atoms with Gasteiger partial charge in [0, 0.05) is 12.8 Å². The first-order valence-corrected chi connectivity index (χ1v) is 10.4. The van der Waals surface area contributed by atoms with E-state index in [-0.39, 0.29) is 12.0 Å². The van der Waals surface area contributed by atoms with E-state index < -0.39 is 14.6 Å². The fraction of sp³-hybridized carbons (Fsp3) is 0.938. The van der Waals surface area contributed by atoms with Crippen LogP contribution in [-0.2, 0) is 19.4 Å². The summed E-state index contributed by atoms with van der Waals surface area (Å²) >= 11 is 0. The van der Waals surface area contributed by atoms with E-state index in [1.165, 1.54) is 25.5 Å². The monoisotopic (exact) mass is 331 g/mol. The number of carbonyl (C=O) groups excluding carboxylic acids is 1. The molecular weight excluding hydrogens is 302 g/mol. The molecule has 1 N–H and O–H groups in total. The number of hydrogen-bond donors (Lipinski definition) is 1. The summed E-state index contributed by atoms with van der Waals surface area (Å²) in [5.74, 6) is 0.231. The maximum absolute atomic E-state index is 12.4. The summed E-state index contributed by atoms with van der Waals surface area (Å²) in [5.41, 5.74) is 0. The lowest BCUT2D eigenvalue weighted by atomic mass is 9.88. The fourth-order valence-electron chi connectivity index (χ4n) is 3.78.